The summed E-state index contributed by atoms with van der Waals surface area (Å²) in [7, 11) is 1.63. The van der Waals surface area contributed by atoms with Gasteiger partial charge in [-0.15, -0.1) is 0 Å². The van der Waals surface area contributed by atoms with Crippen molar-refractivity contribution in [2.45, 2.75) is 31.4 Å². The van der Waals surface area contributed by atoms with Crippen LogP contribution < -0.4 is 0 Å². The van der Waals surface area contributed by atoms with Gasteiger partial charge in [-0.2, -0.15) is 4.98 Å². The van der Waals surface area contributed by atoms with Gasteiger partial charge in [0, 0.05) is 20.1 Å². The summed E-state index contributed by atoms with van der Waals surface area (Å²) >= 11 is 0. The molecule has 1 atom stereocenters. The highest BCUT2D eigenvalue weighted by atomic mass is 16.5. The van der Waals surface area contributed by atoms with E-state index in [1.165, 1.54) is 0 Å². The topological polar surface area (TPSA) is 91.9 Å². The second-order valence-electron chi connectivity index (χ2n) is 5.04. The van der Waals surface area contributed by atoms with Crippen LogP contribution in [0.1, 0.15) is 24.6 Å². The standard InChI is InChI=1S/C12H21N3O4/c1-18-6-3-10-13-11(19-14-10)7-15-5-2-4-12(17,8-15)9-16/h16-17H,2-9H2,1H3. The van der Waals surface area contributed by atoms with Crippen LogP contribution in [0.4, 0.5) is 0 Å². The van der Waals surface area contributed by atoms with Gasteiger partial charge in [-0.05, 0) is 19.4 Å². The van der Waals surface area contributed by atoms with Gasteiger partial charge in [0.1, 0.15) is 5.60 Å². The third-order valence-electron chi connectivity index (χ3n) is 3.33. The van der Waals surface area contributed by atoms with Gasteiger partial charge in [0.15, 0.2) is 5.82 Å². The fraction of sp³-hybridized carbons (Fsp3) is 0.833. The molecule has 1 unspecified atom stereocenters. The summed E-state index contributed by atoms with van der Waals surface area (Å²) < 4.78 is 10.1. The quantitative estimate of drug-likeness (QED) is 0.725. The lowest BCUT2D eigenvalue weighted by atomic mass is 9.94. The molecule has 0 aromatic carbocycles. The monoisotopic (exact) mass is 271 g/mol. The molecule has 7 heteroatoms. The maximum Gasteiger partial charge on any atom is 0.240 e. The minimum atomic E-state index is -1.00. The summed E-state index contributed by atoms with van der Waals surface area (Å²) in [6.45, 7) is 2.14. The first kappa shape index (κ1) is 14.4. The fourth-order valence-electron chi connectivity index (χ4n) is 2.31. The van der Waals surface area contributed by atoms with Gasteiger partial charge in [-0.1, -0.05) is 5.16 Å². The Balaban J connectivity index is 1.88. The first-order valence-electron chi connectivity index (χ1n) is 6.51. The molecule has 1 aromatic heterocycles. The van der Waals surface area contributed by atoms with Gasteiger partial charge in [-0.3, -0.25) is 4.90 Å². The van der Waals surface area contributed by atoms with Crippen molar-refractivity contribution < 1.29 is 19.5 Å². The average Bonchev–Trinajstić information content (AvgIpc) is 2.84. The first-order valence-corrected chi connectivity index (χ1v) is 6.51. The van der Waals surface area contributed by atoms with Crippen molar-refractivity contribution in [3.05, 3.63) is 11.7 Å². The summed E-state index contributed by atoms with van der Waals surface area (Å²) in [6, 6.07) is 0. The molecule has 1 aliphatic rings. The fourth-order valence-corrected chi connectivity index (χ4v) is 2.31. The summed E-state index contributed by atoms with van der Waals surface area (Å²) in [6.07, 6.45) is 2.10. The number of nitrogens with zero attached hydrogens (tertiary/aromatic N) is 3. The summed E-state index contributed by atoms with van der Waals surface area (Å²) in [4.78, 5) is 6.29. The van der Waals surface area contributed by atoms with Crippen molar-refractivity contribution in [1.29, 1.82) is 0 Å². The molecule has 0 saturated carbocycles. The second kappa shape index (κ2) is 6.42. The van der Waals surface area contributed by atoms with Crippen LogP contribution in [0.3, 0.4) is 0 Å². The first-order chi connectivity index (χ1) is 9.15. The molecule has 1 fully saturated rings. The van der Waals surface area contributed by atoms with E-state index >= 15 is 0 Å². The Bertz CT molecular complexity index is 398. The Kier molecular flexibility index (Phi) is 4.87. The number of rotatable bonds is 6. The number of hydrogen-bond acceptors (Lipinski definition) is 7. The number of aromatic nitrogens is 2. The molecule has 0 aliphatic carbocycles. The van der Waals surface area contributed by atoms with Crippen molar-refractivity contribution in [3.63, 3.8) is 0 Å². The Morgan fingerprint density at radius 1 is 1.53 bits per heavy atom. The Hall–Kier alpha value is -1.02. The van der Waals surface area contributed by atoms with Crippen LogP contribution in [0, 0.1) is 0 Å². The van der Waals surface area contributed by atoms with Gasteiger partial charge in [0.05, 0.1) is 19.8 Å². The lowest BCUT2D eigenvalue weighted by Crippen LogP contribution is -2.50. The molecule has 1 saturated heterocycles. The van der Waals surface area contributed by atoms with E-state index in [0.717, 1.165) is 13.0 Å². The van der Waals surface area contributed by atoms with E-state index in [9.17, 15) is 10.2 Å². The van der Waals surface area contributed by atoms with E-state index in [0.29, 0.717) is 44.3 Å². The van der Waals surface area contributed by atoms with E-state index in [2.05, 4.69) is 10.1 Å². The number of ether oxygens (including phenoxy) is 1. The number of β-amino-alcohol motifs (C(OH)–C–C–N with tert-alkyl or cyclic N) is 1. The maximum atomic E-state index is 10.1. The van der Waals surface area contributed by atoms with Gasteiger partial charge in [-0.25, -0.2) is 0 Å². The predicted octanol–water partition coefficient (Wildman–Crippen LogP) is -0.422. The predicted molar refractivity (Wildman–Crippen MR) is 66.4 cm³/mol. The van der Waals surface area contributed by atoms with Crippen LogP contribution in [-0.2, 0) is 17.7 Å². The summed E-state index contributed by atoms with van der Waals surface area (Å²) in [5.41, 5.74) is -1.00. The van der Waals surface area contributed by atoms with E-state index in [-0.39, 0.29) is 6.61 Å². The van der Waals surface area contributed by atoms with Gasteiger partial charge in [0.2, 0.25) is 5.89 Å². The van der Waals surface area contributed by atoms with Crippen molar-refractivity contribution in [2.24, 2.45) is 0 Å². The van der Waals surface area contributed by atoms with E-state index in [1.54, 1.807) is 7.11 Å². The second-order valence-corrected chi connectivity index (χ2v) is 5.04. The molecule has 1 aromatic rings. The van der Waals surface area contributed by atoms with Crippen molar-refractivity contribution in [3.8, 4) is 0 Å². The molecule has 0 bridgehead atoms. The van der Waals surface area contributed by atoms with Crippen molar-refractivity contribution in [2.75, 3.05) is 33.4 Å². The summed E-state index contributed by atoms with van der Waals surface area (Å²) in [5.74, 6) is 1.17. The highest BCUT2D eigenvalue weighted by Crippen LogP contribution is 2.21. The van der Waals surface area contributed by atoms with Crippen molar-refractivity contribution >= 4 is 0 Å². The molecule has 2 heterocycles. The molecule has 2 rings (SSSR count). The number of methoxy groups -OCH3 is 1. The van der Waals surface area contributed by atoms with Crippen LogP contribution in [0.5, 0.6) is 0 Å². The molecule has 0 amide bonds. The lowest BCUT2D eigenvalue weighted by Gasteiger charge is -2.37. The van der Waals surface area contributed by atoms with E-state index in [1.807, 2.05) is 4.90 Å². The average molecular weight is 271 g/mol. The lowest BCUT2D eigenvalue weighted by molar-refractivity contribution is -0.0702. The zero-order valence-electron chi connectivity index (χ0n) is 11.2. The largest absolute Gasteiger partial charge is 0.393 e. The Morgan fingerprint density at radius 3 is 3.11 bits per heavy atom. The number of piperidine rings is 1. The minimum absolute atomic E-state index is 0.216. The van der Waals surface area contributed by atoms with Gasteiger partial charge >= 0.3 is 0 Å². The third kappa shape index (κ3) is 3.97. The molecule has 1 aliphatic heterocycles. The molecule has 0 radical (unpaired) electrons. The SMILES string of the molecule is COCCc1noc(CN2CCCC(O)(CO)C2)n1. The molecular weight excluding hydrogens is 250 g/mol. The maximum absolute atomic E-state index is 10.1. The number of hydrogen-bond donors (Lipinski definition) is 2. The molecular formula is C12H21N3O4. The summed E-state index contributed by atoms with van der Waals surface area (Å²) in [5, 5.41) is 23.1. The van der Waals surface area contributed by atoms with Gasteiger partial charge in [0.25, 0.3) is 0 Å². The van der Waals surface area contributed by atoms with Crippen LogP contribution >= 0.6 is 0 Å². The van der Waals surface area contributed by atoms with Crippen molar-refractivity contribution in [1.82, 2.24) is 15.0 Å². The smallest absolute Gasteiger partial charge is 0.240 e. The van der Waals surface area contributed by atoms with Gasteiger partial charge < -0.3 is 19.5 Å². The molecule has 7 nitrogen and oxygen atoms in total. The van der Waals surface area contributed by atoms with E-state index < -0.39 is 5.60 Å². The Morgan fingerprint density at radius 2 is 2.37 bits per heavy atom. The molecule has 19 heavy (non-hydrogen) atoms. The number of aliphatic hydroxyl groups is 2. The molecule has 0 spiro atoms. The highest BCUT2D eigenvalue weighted by molar-refractivity contribution is 4.91. The van der Waals surface area contributed by atoms with Crippen LogP contribution in [0.15, 0.2) is 4.52 Å². The molecule has 108 valence electrons. The van der Waals surface area contributed by atoms with Crippen LogP contribution in [-0.4, -0.2) is 64.3 Å². The van der Waals surface area contributed by atoms with Crippen LogP contribution in [0.2, 0.25) is 0 Å². The molecule has 2 N–H and O–H groups in total. The minimum Gasteiger partial charge on any atom is -0.393 e. The number of likely N-dealkylation sites (tertiary alicyclic amines) is 1. The number of aliphatic hydroxyl groups excluding tert-OH is 1. The zero-order valence-corrected chi connectivity index (χ0v) is 11.2. The Labute approximate surface area is 112 Å². The zero-order chi connectivity index (χ0) is 13.7. The third-order valence-corrected chi connectivity index (χ3v) is 3.33. The normalized spacial score (nSPS) is 24.8. The highest BCUT2D eigenvalue weighted by Gasteiger charge is 2.33. The van der Waals surface area contributed by atoms with Crippen LogP contribution in [0.25, 0.3) is 0 Å². The van der Waals surface area contributed by atoms with E-state index in [4.69, 9.17) is 9.26 Å².